The molecule has 1 N–H and O–H groups in total. The van der Waals surface area contributed by atoms with Crippen LogP contribution in [-0.4, -0.2) is 27.8 Å². The van der Waals surface area contributed by atoms with E-state index in [0.717, 1.165) is 11.3 Å². The van der Waals surface area contributed by atoms with E-state index in [1.807, 2.05) is 36.4 Å². The van der Waals surface area contributed by atoms with Gasteiger partial charge in [-0.15, -0.1) is 0 Å². The molecule has 0 aliphatic carbocycles. The van der Waals surface area contributed by atoms with Crippen LogP contribution in [0.4, 0.5) is 11.6 Å². The Morgan fingerprint density at radius 2 is 1.91 bits per heavy atom. The van der Waals surface area contributed by atoms with Gasteiger partial charge in [0, 0.05) is 37.2 Å². The summed E-state index contributed by atoms with van der Waals surface area (Å²) in [5, 5.41) is 3.08. The highest BCUT2D eigenvalue weighted by Crippen LogP contribution is 2.12. The molecule has 1 amide bonds. The maximum absolute atomic E-state index is 12.3. The highest BCUT2D eigenvalue weighted by Gasteiger charge is 2.13. The molecule has 6 nitrogen and oxygen atoms in total. The number of carbonyl (C=O) groups is 1. The van der Waals surface area contributed by atoms with Gasteiger partial charge in [0.15, 0.2) is 0 Å². The molecule has 6 heteroatoms. The lowest BCUT2D eigenvalue weighted by Gasteiger charge is -2.15. The minimum absolute atomic E-state index is 0.141. The monoisotopic (exact) mass is 308 g/mol. The highest BCUT2D eigenvalue weighted by atomic mass is 16.3. The zero-order valence-corrected chi connectivity index (χ0v) is 12.6. The Labute approximate surface area is 133 Å². The quantitative estimate of drug-likeness (QED) is 0.784. The Balaban J connectivity index is 1.65. The van der Waals surface area contributed by atoms with E-state index in [4.69, 9.17) is 4.42 Å². The SMILES string of the molecule is CN(Cc1ccoc1)C(=O)c1cnc(Nc2ccccc2)nc1. The first-order valence-corrected chi connectivity index (χ1v) is 7.13. The van der Waals surface area contributed by atoms with Crippen molar-refractivity contribution in [1.29, 1.82) is 0 Å². The van der Waals surface area contributed by atoms with Crippen molar-refractivity contribution >= 4 is 17.5 Å². The normalized spacial score (nSPS) is 10.3. The fraction of sp³-hybridized carbons (Fsp3) is 0.118. The van der Waals surface area contributed by atoms with Gasteiger partial charge in [-0.3, -0.25) is 4.79 Å². The number of hydrogen-bond acceptors (Lipinski definition) is 5. The van der Waals surface area contributed by atoms with Crippen molar-refractivity contribution in [2.75, 3.05) is 12.4 Å². The van der Waals surface area contributed by atoms with Gasteiger partial charge >= 0.3 is 0 Å². The van der Waals surface area contributed by atoms with Gasteiger partial charge < -0.3 is 14.6 Å². The average Bonchev–Trinajstić information content (AvgIpc) is 3.09. The van der Waals surface area contributed by atoms with Crippen LogP contribution in [-0.2, 0) is 6.54 Å². The molecule has 2 heterocycles. The van der Waals surface area contributed by atoms with Gasteiger partial charge in [0.05, 0.1) is 18.1 Å². The van der Waals surface area contributed by atoms with Crippen LogP contribution in [0.15, 0.2) is 65.7 Å². The predicted octanol–water partition coefficient (Wildman–Crippen LogP) is 3.09. The Hall–Kier alpha value is -3.15. The lowest BCUT2D eigenvalue weighted by Crippen LogP contribution is -2.26. The molecule has 2 aromatic heterocycles. The molecule has 0 fully saturated rings. The number of anilines is 2. The van der Waals surface area contributed by atoms with Crippen molar-refractivity contribution < 1.29 is 9.21 Å². The summed E-state index contributed by atoms with van der Waals surface area (Å²) in [4.78, 5) is 22.3. The number of nitrogens with zero attached hydrogens (tertiary/aromatic N) is 3. The van der Waals surface area contributed by atoms with Crippen molar-refractivity contribution in [1.82, 2.24) is 14.9 Å². The number of hydrogen-bond donors (Lipinski definition) is 1. The molecule has 0 bridgehead atoms. The van der Waals surface area contributed by atoms with Crippen molar-refractivity contribution in [2.45, 2.75) is 6.54 Å². The summed E-state index contributed by atoms with van der Waals surface area (Å²) < 4.78 is 5.00. The summed E-state index contributed by atoms with van der Waals surface area (Å²) in [7, 11) is 1.73. The second-order valence-electron chi connectivity index (χ2n) is 5.08. The Kier molecular flexibility index (Phi) is 4.33. The van der Waals surface area contributed by atoms with Gasteiger partial charge in [0.2, 0.25) is 5.95 Å². The van der Waals surface area contributed by atoms with Crippen LogP contribution in [0.25, 0.3) is 0 Å². The topological polar surface area (TPSA) is 71.3 Å². The zero-order valence-electron chi connectivity index (χ0n) is 12.6. The molecule has 0 unspecified atom stereocenters. The van der Waals surface area contributed by atoms with Gasteiger partial charge in [-0.05, 0) is 18.2 Å². The first-order chi connectivity index (χ1) is 11.2. The second-order valence-corrected chi connectivity index (χ2v) is 5.08. The highest BCUT2D eigenvalue weighted by molar-refractivity contribution is 5.93. The second kappa shape index (κ2) is 6.74. The molecular formula is C17H16N4O2. The molecule has 0 atom stereocenters. The standard InChI is InChI=1S/C17H16N4O2/c1-21(11-13-7-8-23-12-13)16(22)14-9-18-17(19-10-14)20-15-5-3-2-4-6-15/h2-10,12H,11H2,1H3,(H,18,19,20). The van der Waals surface area contributed by atoms with Crippen molar-refractivity contribution in [2.24, 2.45) is 0 Å². The summed E-state index contributed by atoms with van der Waals surface area (Å²) in [6, 6.07) is 11.4. The van der Waals surface area contributed by atoms with Crippen molar-refractivity contribution in [3.63, 3.8) is 0 Å². The third-order valence-corrected chi connectivity index (χ3v) is 3.28. The lowest BCUT2D eigenvalue weighted by atomic mass is 10.2. The maximum Gasteiger partial charge on any atom is 0.257 e. The number of para-hydroxylation sites is 1. The minimum atomic E-state index is -0.141. The van der Waals surface area contributed by atoms with E-state index >= 15 is 0 Å². The molecule has 0 saturated heterocycles. The summed E-state index contributed by atoms with van der Waals surface area (Å²) in [6.07, 6.45) is 6.24. The molecule has 0 aliphatic heterocycles. The molecule has 23 heavy (non-hydrogen) atoms. The Morgan fingerprint density at radius 1 is 1.17 bits per heavy atom. The van der Waals surface area contributed by atoms with E-state index in [2.05, 4.69) is 15.3 Å². The number of benzene rings is 1. The molecule has 0 aliphatic rings. The average molecular weight is 308 g/mol. The van der Waals surface area contributed by atoms with E-state index in [1.165, 1.54) is 12.4 Å². The van der Waals surface area contributed by atoms with Gasteiger partial charge in [-0.2, -0.15) is 0 Å². The first-order valence-electron chi connectivity index (χ1n) is 7.13. The van der Waals surface area contributed by atoms with Crippen LogP contribution >= 0.6 is 0 Å². The molecule has 3 aromatic rings. The molecule has 3 rings (SSSR count). The van der Waals surface area contributed by atoms with Gasteiger partial charge in [0.25, 0.3) is 5.91 Å². The number of nitrogens with one attached hydrogen (secondary N) is 1. The Bertz CT molecular complexity index is 755. The fourth-order valence-corrected chi connectivity index (χ4v) is 2.10. The largest absolute Gasteiger partial charge is 0.472 e. The van der Waals surface area contributed by atoms with Gasteiger partial charge in [-0.1, -0.05) is 18.2 Å². The minimum Gasteiger partial charge on any atom is -0.472 e. The van der Waals surface area contributed by atoms with Crippen LogP contribution in [0.1, 0.15) is 15.9 Å². The number of carbonyl (C=O) groups excluding carboxylic acids is 1. The van der Waals surface area contributed by atoms with E-state index in [1.54, 1.807) is 24.5 Å². The van der Waals surface area contributed by atoms with Gasteiger partial charge in [0.1, 0.15) is 0 Å². The smallest absolute Gasteiger partial charge is 0.257 e. The summed E-state index contributed by atoms with van der Waals surface area (Å²) in [5.74, 6) is 0.308. The predicted molar refractivity (Wildman–Crippen MR) is 86.3 cm³/mol. The van der Waals surface area contributed by atoms with E-state index in [0.29, 0.717) is 18.1 Å². The van der Waals surface area contributed by atoms with E-state index in [-0.39, 0.29) is 5.91 Å². The number of rotatable bonds is 5. The molecule has 0 radical (unpaired) electrons. The maximum atomic E-state index is 12.3. The number of amides is 1. The van der Waals surface area contributed by atoms with E-state index < -0.39 is 0 Å². The third kappa shape index (κ3) is 3.74. The molecule has 1 aromatic carbocycles. The summed E-state index contributed by atoms with van der Waals surface area (Å²) >= 11 is 0. The van der Waals surface area contributed by atoms with Crippen LogP contribution in [0, 0.1) is 0 Å². The van der Waals surface area contributed by atoms with E-state index in [9.17, 15) is 4.79 Å². The van der Waals surface area contributed by atoms with Crippen LogP contribution < -0.4 is 5.32 Å². The fourth-order valence-electron chi connectivity index (χ4n) is 2.10. The molecule has 0 saturated carbocycles. The van der Waals surface area contributed by atoms with Crippen LogP contribution in [0.5, 0.6) is 0 Å². The van der Waals surface area contributed by atoms with Gasteiger partial charge in [-0.25, -0.2) is 9.97 Å². The van der Waals surface area contributed by atoms with Crippen molar-refractivity contribution in [3.05, 3.63) is 72.4 Å². The lowest BCUT2D eigenvalue weighted by molar-refractivity contribution is 0.0784. The summed E-state index contributed by atoms with van der Waals surface area (Å²) in [6.45, 7) is 0.472. The zero-order chi connectivity index (χ0) is 16.1. The first kappa shape index (κ1) is 14.8. The molecular weight excluding hydrogens is 292 g/mol. The number of aromatic nitrogens is 2. The van der Waals surface area contributed by atoms with Crippen LogP contribution in [0.3, 0.4) is 0 Å². The Morgan fingerprint density at radius 3 is 2.57 bits per heavy atom. The molecule has 116 valence electrons. The van der Waals surface area contributed by atoms with Crippen LogP contribution in [0.2, 0.25) is 0 Å². The molecule has 0 spiro atoms. The summed E-state index contributed by atoms with van der Waals surface area (Å²) in [5.41, 5.74) is 2.27. The third-order valence-electron chi connectivity index (χ3n) is 3.28. The number of furan rings is 1. The van der Waals surface area contributed by atoms with Crippen molar-refractivity contribution in [3.8, 4) is 0 Å².